The van der Waals surface area contributed by atoms with Crippen molar-refractivity contribution in [3.63, 3.8) is 0 Å². The van der Waals surface area contributed by atoms with E-state index in [0.717, 1.165) is 5.69 Å². The summed E-state index contributed by atoms with van der Waals surface area (Å²) in [4.78, 5) is 11.7. The molecule has 0 aliphatic heterocycles. The highest BCUT2D eigenvalue weighted by Gasteiger charge is 2.13. The third kappa shape index (κ3) is 4.19. The molecule has 3 nitrogen and oxygen atoms in total. The average Bonchev–Trinajstić information content (AvgIpc) is 2.39. The third-order valence-electron chi connectivity index (χ3n) is 3.16. The van der Waals surface area contributed by atoms with Crippen LogP contribution < -0.4 is 10.6 Å². The molecule has 17 heavy (non-hydrogen) atoms. The van der Waals surface area contributed by atoms with Crippen molar-refractivity contribution in [3.8, 4) is 0 Å². The molecule has 0 bridgehead atoms. The van der Waals surface area contributed by atoms with Crippen molar-refractivity contribution in [3.05, 3.63) is 30.3 Å². The first-order valence-corrected chi connectivity index (χ1v) is 6.34. The maximum atomic E-state index is 11.7. The van der Waals surface area contributed by atoms with Crippen LogP contribution >= 0.6 is 0 Å². The first-order valence-electron chi connectivity index (χ1n) is 6.34. The van der Waals surface area contributed by atoms with Crippen molar-refractivity contribution < 1.29 is 4.79 Å². The minimum Gasteiger partial charge on any atom is -0.325 e. The highest BCUT2D eigenvalue weighted by atomic mass is 16.1. The lowest BCUT2D eigenvalue weighted by molar-refractivity contribution is -0.115. The van der Waals surface area contributed by atoms with E-state index < -0.39 is 0 Å². The van der Waals surface area contributed by atoms with Crippen LogP contribution in [-0.2, 0) is 4.79 Å². The topological polar surface area (TPSA) is 41.1 Å². The van der Waals surface area contributed by atoms with Gasteiger partial charge in [-0.3, -0.25) is 4.79 Å². The molecular formula is C14H19N2O. The summed E-state index contributed by atoms with van der Waals surface area (Å²) in [6, 6.07) is 10.7. The second kappa shape index (κ2) is 6.40. The van der Waals surface area contributed by atoms with Gasteiger partial charge in [0.2, 0.25) is 5.91 Å². The molecule has 1 aromatic carbocycles. The first kappa shape index (κ1) is 12.1. The van der Waals surface area contributed by atoms with Crippen LogP contribution in [0.1, 0.15) is 32.1 Å². The van der Waals surface area contributed by atoms with Gasteiger partial charge >= 0.3 is 0 Å². The zero-order valence-corrected chi connectivity index (χ0v) is 10.0. The zero-order valence-electron chi connectivity index (χ0n) is 10.0. The minimum atomic E-state index is 0.0294. The van der Waals surface area contributed by atoms with E-state index in [4.69, 9.17) is 0 Å². The highest BCUT2D eigenvalue weighted by Crippen LogP contribution is 2.17. The molecule has 2 rings (SSSR count). The summed E-state index contributed by atoms with van der Waals surface area (Å²) < 4.78 is 0. The second-order valence-corrected chi connectivity index (χ2v) is 4.55. The molecule has 91 valence electrons. The van der Waals surface area contributed by atoms with Crippen LogP contribution in [0.25, 0.3) is 0 Å². The van der Waals surface area contributed by atoms with Crippen LogP contribution in [0.5, 0.6) is 0 Å². The molecule has 1 aromatic rings. The second-order valence-electron chi connectivity index (χ2n) is 4.55. The molecule has 0 aromatic heterocycles. The lowest BCUT2D eigenvalue weighted by Gasteiger charge is -2.22. The molecule has 2 N–H and O–H groups in total. The Labute approximate surface area is 103 Å². The normalized spacial score (nSPS) is 16.7. The Morgan fingerprint density at radius 2 is 1.94 bits per heavy atom. The van der Waals surface area contributed by atoms with Crippen LogP contribution in [0.4, 0.5) is 5.69 Å². The smallest absolute Gasteiger partial charge is 0.238 e. The fourth-order valence-corrected chi connectivity index (χ4v) is 2.22. The van der Waals surface area contributed by atoms with E-state index >= 15 is 0 Å². The molecule has 0 unspecified atom stereocenters. The first-order chi connectivity index (χ1) is 8.34. The summed E-state index contributed by atoms with van der Waals surface area (Å²) >= 11 is 0. The summed E-state index contributed by atoms with van der Waals surface area (Å²) in [6.07, 6.45) is 6.31. The van der Waals surface area contributed by atoms with Crippen LogP contribution in [0, 0.1) is 6.07 Å². The number of carbonyl (C=O) groups excluding carboxylic acids is 1. The molecule has 1 saturated carbocycles. The predicted octanol–water partition coefficient (Wildman–Crippen LogP) is 2.35. The van der Waals surface area contributed by atoms with Crippen LogP contribution in [0.2, 0.25) is 0 Å². The third-order valence-corrected chi connectivity index (χ3v) is 3.16. The molecule has 1 aliphatic rings. The number of carbonyl (C=O) groups is 1. The number of hydrogen-bond donors (Lipinski definition) is 2. The van der Waals surface area contributed by atoms with Gasteiger partial charge in [-0.2, -0.15) is 0 Å². The van der Waals surface area contributed by atoms with Gasteiger partial charge in [0.05, 0.1) is 6.54 Å². The summed E-state index contributed by atoms with van der Waals surface area (Å²) in [5.41, 5.74) is 0.833. The van der Waals surface area contributed by atoms with Crippen molar-refractivity contribution >= 4 is 11.6 Å². The molecule has 1 fully saturated rings. The fourth-order valence-electron chi connectivity index (χ4n) is 2.22. The van der Waals surface area contributed by atoms with Crippen LogP contribution in [0.3, 0.4) is 0 Å². The monoisotopic (exact) mass is 231 g/mol. The Morgan fingerprint density at radius 1 is 1.24 bits per heavy atom. The standard InChI is InChI=1S/C14H19N2O/c17-14(16-13-9-5-2-6-10-13)11-15-12-7-3-1-4-8-12/h5-6,9-10,12,15H,1,3-4,7-8,11H2,(H,16,17). The molecular weight excluding hydrogens is 212 g/mol. The molecule has 0 saturated heterocycles. The van der Waals surface area contributed by atoms with Crippen molar-refractivity contribution in [2.45, 2.75) is 38.1 Å². The average molecular weight is 231 g/mol. The van der Waals surface area contributed by atoms with Gasteiger partial charge in [0.1, 0.15) is 0 Å². The van der Waals surface area contributed by atoms with E-state index in [2.05, 4.69) is 16.7 Å². The van der Waals surface area contributed by atoms with Gasteiger partial charge < -0.3 is 10.6 Å². The van der Waals surface area contributed by atoms with Gasteiger partial charge in [0.15, 0.2) is 0 Å². The van der Waals surface area contributed by atoms with Gasteiger partial charge in [0, 0.05) is 11.7 Å². The molecule has 0 spiro atoms. The number of anilines is 1. The van der Waals surface area contributed by atoms with Crippen LogP contribution in [0.15, 0.2) is 24.3 Å². The quantitative estimate of drug-likeness (QED) is 0.835. The Kier molecular flexibility index (Phi) is 4.56. The Balaban J connectivity index is 1.70. The van der Waals surface area contributed by atoms with Gasteiger partial charge in [0.25, 0.3) is 0 Å². The number of amides is 1. The minimum absolute atomic E-state index is 0.0294. The van der Waals surface area contributed by atoms with Gasteiger partial charge in [-0.25, -0.2) is 0 Å². The summed E-state index contributed by atoms with van der Waals surface area (Å²) in [6.45, 7) is 0.406. The van der Waals surface area contributed by atoms with E-state index in [1.807, 2.05) is 12.1 Å². The molecule has 1 aliphatic carbocycles. The Bertz CT molecular complexity index is 344. The summed E-state index contributed by atoms with van der Waals surface area (Å²) in [5, 5.41) is 6.18. The molecule has 3 heteroatoms. The summed E-state index contributed by atoms with van der Waals surface area (Å²) in [7, 11) is 0. The zero-order chi connectivity index (χ0) is 11.9. The van der Waals surface area contributed by atoms with Crippen molar-refractivity contribution in [1.29, 1.82) is 0 Å². The van der Waals surface area contributed by atoms with Crippen LogP contribution in [-0.4, -0.2) is 18.5 Å². The van der Waals surface area contributed by atoms with Gasteiger partial charge in [-0.1, -0.05) is 31.4 Å². The van der Waals surface area contributed by atoms with E-state index in [0.29, 0.717) is 12.6 Å². The number of nitrogens with one attached hydrogen (secondary N) is 2. The highest BCUT2D eigenvalue weighted by molar-refractivity contribution is 5.92. The lowest BCUT2D eigenvalue weighted by atomic mass is 9.95. The number of benzene rings is 1. The van der Waals surface area contributed by atoms with Gasteiger partial charge in [-0.15, -0.1) is 0 Å². The maximum Gasteiger partial charge on any atom is 0.238 e. The van der Waals surface area contributed by atoms with Crippen molar-refractivity contribution in [2.24, 2.45) is 0 Å². The van der Waals surface area contributed by atoms with Gasteiger partial charge in [-0.05, 0) is 31.0 Å². The molecule has 0 heterocycles. The molecule has 1 radical (unpaired) electrons. The van der Waals surface area contributed by atoms with Crippen molar-refractivity contribution in [2.75, 3.05) is 11.9 Å². The number of hydrogen-bond acceptors (Lipinski definition) is 2. The predicted molar refractivity (Wildman–Crippen MR) is 68.8 cm³/mol. The fraction of sp³-hybridized carbons (Fsp3) is 0.500. The molecule has 0 atom stereocenters. The van der Waals surface area contributed by atoms with E-state index in [1.165, 1.54) is 32.1 Å². The van der Waals surface area contributed by atoms with E-state index in [1.54, 1.807) is 12.1 Å². The summed E-state index contributed by atoms with van der Waals surface area (Å²) in [5.74, 6) is 0.0294. The number of rotatable bonds is 4. The van der Waals surface area contributed by atoms with E-state index in [-0.39, 0.29) is 5.91 Å². The largest absolute Gasteiger partial charge is 0.325 e. The lowest BCUT2D eigenvalue weighted by Crippen LogP contribution is -2.37. The maximum absolute atomic E-state index is 11.7. The Hall–Kier alpha value is -1.35. The molecule has 1 amide bonds. The van der Waals surface area contributed by atoms with Crippen molar-refractivity contribution in [1.82, 2.24) is 5.32 Å². The SMILES string of the molecule is O=C(CNC1CCCCC1)Nc1cc[c]cc1. The van der Waals surface area contributed by atoms with E-state index in [9.17, 15) is 4.79 Å². The Morgan fingerprint density at radius 3 is 2.65 bits per heavy atom.